The predicted octanol–water partition coefficient (Wildman–Crippen LogP) is 6.09. The average molecular weight is 831 g/mol. The number of aromatic hydroxyl groups is 3. The lowest BCUT2D eigenvalue weighted by molar-refractivity contribution is -0.160. The molecular formula is C46H58N2O12. The topological polar surface area (TPSA) is 213 Å². The highest BCUT2D eigenvalue weighted by atomic mass is 16.7. The Balaban J connectivity index is 1.66. The van der Waals surface area contributed by atoms with Gasteiger partial charge in [-0.05, 0) is 38.5 Å². The van der Waals surface area contributed by atoms with Crippen LogP contribution in [0.3, 0.4) is 0 Å². The van der Waals surface area contributed by atoms with Gasteiger partial charge >= 0.3 is 11.8 Å². The second-order valence-corrected chi connectivity index (χ2v) is 16.1. The maximum absolute atomic E-state index is 14.4. The van der Waals surface area contributed by atoms with Crippen molar-refractivity contribution in [1.29, 1.82) is 0 Å². The molecule has 14 heteroatoms. The number of aliphatic hydroxyl groups excluding tert-OH is 2. The van der Waals surface area contributed by atoms with Crippen LogP contribution >= 0.6 is 0 Å². The van der Waals surface area contributed by atoms with Gasteiger partial charge in [0.25, 0.3) is 11.7 Å². The Morgan fingerprint density at radius 1 is 0.917 bits per heavy atom. The summed E-state index contributed by atoms with van der Waals surface area (Å²) in [5.74, 6) is -8.10. The van der Waals surface area contributed by atoms with Crippen LogP contribution in [0.5, 0.6) is 23.0 Å². The van der Waals surface area contributed by atoms with E-state index in [1.807, 2.05) is 30.3 Å². The molecule has 0 unspecified atom stereocenters. The number of nitrogens with one attached hydrogen (secondary N) is 2. The highest BCUT2D eigenvalue weighted by molar-refractivity contribution is 6.22. The molecule has 14 nitrogen and oxygen atoms in total. The number of phenolic OH excluding ortho intramolecular Hbond substituents is 3. The molecule has 1 amide bonds. The molecule has 3 aromatic carbocycles. The molecule has 5 bridgehead atoms. The number of amides is 1. The number of fused-ring (bicyclic) bond motifs is 14. The number of aliphatic hydroxyl groups is 2. The minimum atomic E-state index is -2.03. The maximum atomic E-state index is 14.4. The van der Waals surface area contributed by atoms with E-state index in [1.54, 1.807) is 39.8 Å². The van der Waals surface area contributed by atoms with E-state index in [4.69, 9.17) is 18.9 Å². The molecule has 0 aliphatic carbocycles. The number of methoxy groups -OCH3 is 1. The summed E-state index contributed by atoms with van der Waals surface area (Å²) in [5, 5.41) is 64.0. The molecule has 0 aromatic heterocycles. The summed E-state index contributed by atoms with van der Waals surface area (Å²) in [7, 11) is 1.44. The van der Waals surface area contributed by atoms with E-state index in [9.17, 15) is 39.9 Å². The maximum Gasteiger partial charge on any atom is 0.312 e. The van der Waals surface area contributed by atoms with Crippen LogP contribution in [0.15, 0.2) is 66.5 Å². The number of carbonyl (C=O) groups excluding carboxylic acids is 3. The fraction of sp³-hybridized carbons (Fsp3) is 0.457. The third-order valence-corrected chi connectivity index (χ3v) is 11.8. The number of anilines is 1. The molecule has 0 saturated heterocycles. The van der Waals surface area contributed by atoms with Crippen molar-refractivity contribution in [2.45, 2.75) is 98.6 Å². The summed E-state index contributed by atoms with van der Waals surface area (Å²) < 4.78 is 23.6. The van der Waals surface area contributed by atoms with Crippen LogP contribution in [0.2, 0.25) is 0 Å². The number of ketones is 1. The second kappa shape index (κ2) is 18.9. The lowest BCUT2D eigenvalue weighted by atomic mass is 9.78. The van der Waals surface area contributed by atoms with Gasteiger partial charge in [-0.3, -0.25) is 14.4 Å². The first-order chi connectivity index (χ1) is 28.3. The van der Waals surface area contributed by atoms with Crippen LogP contribution in [0, 0.1) is 30.6 Å². The van der Waals surface area contributed by atoms with E-state index in [2.05, 4.69) is 10.6 Å². The lowest BCUT2D eigenvalue weighted by Gasteiger charge is -2.38. The highest BCUT2D eigenvalue weighted by Gasteiger charge is 2.50. The van der Waals surface area contributed by atoms with Crippen molar-refractivity contribution >= 4 is 34.1 Å². The standard InChI is InChI=1S/C46H58N2O12/c1-23-14-13-15-24(2)45(56)48-36-31(22-47-20-18-30-16-11-10-12-17-30)40(53)33-34(41(36)54)39(52)28(6)43-35(33)44(55)46(8,60-43)58-21-19-32(57-9)25(3)42(59-29(7)49)27(5)38(51)26(4)37(23)50/h10-17,19,21,23,25-27,32,37-38,42,47,50-54H,18,20,22H2,1-9H3,(H,48,56)/b14-13-,21-19?,24-15-/t23-,25+,26+,27+,32-,37-,38+,42+,46-/m0/s1. The molecular weight excluding hydrogens is 773 g/mol. The fourth-order valence-corrected chi connectivity index (χ4v) is 8.05. The third kappa shape index (κ3) is 9.16. The predicted molar refractivity (Wildman–Crippen MR) is 226 cm³/mol. The minimum Gasteiger partial charge on any atom is -0.507 e. The van der Waals surface area contributed by atoms with E-state index in [0.29, 0.717) is 13.0 Å². The van der Waals surface area contributed by atoms with Crippen molar-refractivity contribution in [1.82, 2.24) is 5.32 Å². The van der Waals surface area contributed by atoms with E-state index < -0.39 is 88.8 Å². The summed E-state index contributed by atoms with van der Waals surface area (Å²) in [5.41, 5.74) is 1.03. The normalized spacial score (nSPS) is 29.1. The molecule has 3 aliphatic rings. The van der Waals surface area contributed by atoms with Gasteiger partial charge in [0.15, 0.2) is 5.75 Å². The molecule has 7 N–H and O–H groups in total. The molecule has 3 heterocycles. The fourth-order valence-electron chi connectivity index (χ4n) is 8.05. The number of benzene rings is 3. The van der Waals surface area contributed by atoms with Gasteiger partial charge in [-0.1, -0.05) is 76.3 Å². The third-order valence-electron chi connectivity index (χ3n) is 11.8. The zero-order valence-corrected chi connectivity index (χ0v) is 35.6. The molecule has 60 heavy (non-hydrogen) atoms. The Kier molecular flexibility index (Phi) is 14.4. The van der Waals surface area contributed by atoms with Gasteiger partial charge in [0.05, 0.1) is 41.2 Å². The van der Waals surface area contributed by atoms with Gasteiger partial charge < -0.3 is 55.1 Å². The van der Waals surface area contributed by atoms with Gasteiger partial charge in [-0.15, -0.1) is 0 Å². The number of ether oxygens (including phenoxy) is 4. The average Bonchev–Trinajstić information content (AvgIpc) is 3.48. The van der Waals surface area contributed by atoms with Crippen molar-refractivity contribution in [2.24, 2.45) is 23.7 Å². The first-order valence-electron chi connectivity index (χ1n) is 20.2. The number of rotatable bonds is 7. The van der Waals surface area contributed by atoms with E-state index >= 15 is 0 Å². The molecule has 0 spiro atoms. The summed E-state index contributed by atoms with van der Waals surface area (Å²) in [6, 6.07) is 9.70. The first kappa shape index (κ1) is 45.7. The molecule has 0 saturated carbocycles. The minimum absolute atomic E-state index is 0.0460. The van der Waals surface area contributed by atoms with Crippen LogP contribution in [0.1, 0.15) is 75.5 Å². The van der Waals surface area contributed by atoms with E-state index in [-0.39, 0.29) is 51.0 Å². The number of Topliss-reactive ketones (excluding diaryl/α,β-unsaturated/α-hetero) is 1. The van der Waals surface area contributed by atoms with Crippen molar-refractivity contribution in [3.8, 4) is 23.0 Å². The van der Waals surface area contributed by atoms with Crippen molar-refractivity contribution in [3.63, 3.8) is 0 Å². The zero-order valence-electron chi connectivity index (χ0n) is 35.6. The number of hydrogen-bond acceptors (Lipinski definition) is 13. The Bertz CT molecular complexity index is 2180. The molecule has 324 valence electrons. The number of carbonyl (C=O) groups is 3. The van der Waals surface area contributed by atoms with Gasteiger partial charge in [0, 0.05) is 73.3 Å². The second-order valence-electron chi connectivity index (χ2n) is 16.1. The SMILES string of the molecule is CO[C@H]1C=CO[C@@]2(C)Oc3c(C)c(O)c4c(O)c(c(CNCCc5ccccc5)c(O)c4c3C2=O)NC(=O)/C(C)=C\C=C/[C@H](C)[C@H](O)[C@@H](C)[C@@H](O)[C@@H](C)[C@H](OC(C)=O)[C@@H]1C. The van der Waals surface area contributed by atoms with Crippen molar-refractivity contribution in [2.75, 3.05) is 19.0 Å². The van der Waals surface area contributed by atoms with E-state index in [1.165, 1.54) is 53.2 Å². The van der Waals surface area contributed by atoms with Crippen LogP contribution in [0.4, 0.5) is 5.69 Å². The van der Waals surface area contributed by atoms with Crippen LogP contribution in [0.25, 0.3) is 10.8 Å². The Labute approximate surface area is 350 Å². The number of hydrogen-bond donors (Lipinski definition) is 7. The quantitative estimate of drug-likeness (QED) is 0.0623. The monoisotopic (exact) mass is 830 g/mol. The number of esters is 1. The summed E-state index contributed by atoms with van der Waals surface area (Å²) >= 11 is 0. The molecule has 6 rings (SSSR count). The largest absolute Gasteiger partial charge is 0.507 e. The lowest BCUT2D eigenvalue weighted by Crippen LogP contribution is -2.46. The molecule has 9 atom stereocenters. The van der Waals surface area contributed by atoms with Gasteiger partial charge in [0.2, 0.25) is 0 Å². The van der Waals surface area contributed by atoms with Crippen LogP contribution in [-0.4, -0.2) is 87.0 Å². The molecule has 0 fully saturated rings. The Morgan fingerprint density at radius 2 is 1.60 bits per heavy atom. The van der Waals surface area contributed by atoms with Gasteiger partial charge in [-0.25, -0.2) is 0 Å². The first-order valence-corrected chi connectivity index (χ1v) is 20.2. The smallest absolute Gasteiger partial charge is 0.312 e. The summed E-state index contributed by atoms with van der Waals surface area (Å²) in [6.45, 7) is 13.0. The molecule has 3 aromatic rings. The van der Waals surface area contributed by atoms with E-state index in [0.717, 1.165) is 5.56 Å². The van der Waals surface area contributed by atoms with Crippen LogP contribution < -0.4 is 15.4 Å². The Hall–Kier alpha value is -5.41. The number of allylic oxidation sites excluding steroid dienone is 2. The molecule has 0 radical (unpaired) electrons. The summed E-state index contributed by atoms with van der Waals surface area (Å²) in [4.78, 5) is 40.5. The van der Waals surface area contributed by atoms with Crippen molar-refractivity contribution < 1.29 is 58.9 Å². The van der Waals surface area contributed by atoms with Crippen LogP contribution in [-0.2, 0) is 36.8 Å². The Morgan fingerprint density at radius 3 is 2.25 bits per heavy atom. The number of phenols is 3. The molecule has 3 aliphatic heterocycles. The van der Waals surface area contributed by atoms with Gasteiger partial charge in [-0.2, -0.15) is 0 Å². The van der Waals surface area contributed by atoms with Gasteiger partial charge in [0.1, 0.15) is 23.4 Å². The zero-order chi connectivity index (χ0) is 44.2. The highest BCUT2D eigenvalue weighted by Crippen LogP contribution is 2.55. The summed E-state index contributed by atoms with van der Waals surface area (Å²) in [6.07, 6.45) is 4.26. The van der Waals surface area contributed by atoms with Crippen molar-refractivity contribution in [3.05, 3.63) is 88.7 Å².